The van der Waals surface area contributed by atoms with Gasteiger partial charge in [0.2, 0.25) is 0 Å². The van der Waals surface area contributed by atoms with Gasteiger partial charge in [0.15, 0.2) is 8.32 Å². The first kappa shape index (κ1) is 23.1. The molecule has 138 valence electrons. The predicted molar refractivity (Wildman–Crippen MR) is 113 cm³/mol. The molecule has 0 aliphatic carbocycles. The van der Waals surface area contributed by atoms with Gasteiger partial charge in [0.25, 0.3) is 0 Å². The SMILES string of the molecule is CCCCCC/C=C/C=C\C=C/C=C/CCO[Si](C)(C)C(C)(C)C. The molecule has 0 fully saturated rings. The van der Waals surface area contributed by atoms with Crippen LogP contribution in [0.15, 0.2) is 48.6 Å². The highest BCUT2D eigenvalue weighted by molar-refractivity contribution is 6.74. The van der Waals surface area contributed by atoms with Crippen LogP contribution in [0.2, 0.25) is 18.1 Å². The largest absolute Gasteiger partial charge is 0.417 e. The molecule has 0 aromatic rings. The van der Waals surface area contributed by atoms with Crippen molar-refractivity contribution in [2.75, 3.05) is 6.61 Å². The third-order valence-electron chi connectivity index (χ3n) is 4.61. The van der Waals surface area contributed by atoms with Gasteiger partial charge in [0.1, 0.15) is 0 Å². The topological polar surface area (TPSA) is 9.23 Å². The predicted octanol–water partition coefficient (Wildman–Crippen LogP) is 7.59. The maximum Gasteiger partial charge on any atom is 0.191 e. The molecule has 0 saturated heterocycles. The van der Waals surface area contributed by atoms with Gasteiger partial charge in [0.05, 0.1) is 0 Å². The van der Waals surface area contributed by atoms with Crippen molar-refractivity contribution in [3.05, 3.63) is 48.6 Å². The third kappa shape index (κ3) is 12.5. The zero-order chi connectivity index (χ0) is 18.3. The van der Waals surface area contributed by atoms with E-state index in [1.54, 1.807) is 0 Å². The first-order valence-electron chi connectivity index (χ1n) is 9.60. The Morgan fingerprint density at radius 2 is 1.29 bits per heavy atom. The minimum absolute atomic E-state index is 0.297. The van der Waals surface area contributed by atoms with E-state index in [1.165, 1.54) is 32.1 Å². The molecule has 0 N–H and O–H groups in total. The second-order valence-electron chi connectivity index (χ2n) is 7.87. The molecule has 0 bridgehead atoms. The molecule has 0 heterocycles. The average molecular weight is 349 g/mol. The molecule has 0 unspecified atom stereocenters. The van der Waals surface area contributed by atoms with Crippen molar-refractivity contribution < 1.29 is 4.43 Å². The van der Waals surface area contributed by atoms with Gasteiger partial charge < -0.3 is 4.43 Å². The van der Waals surface area contributed by atoms with E-state index in [0.717, 1.165) is 13.0 Å². The molecule has 0 spiro atoms. The first-order valence-corrected chi connectivity index (χ1v) is 12.5. The number of hydrogen-bond acceptors (Lipinski definition) is 1. The summed E-state index contributed by atoms with van der Waals surface area (Å²) < 4.78 is 6.14. The highest BCUT2D eigenvalue weighted by Crippen LogP contribution is 2.36. The summed E-state index contributed by atoms with van der Waals surface area (Å²) in [6.07, 6.45) is 24.6. The van der Waals surface area contributed by atoms with E-state index in [1.807, 2.05) is 0 Å². The van der Waals surface area contributed by atoms with E-state index in [-0.39, 0.29) is 0 Å². The fourth-order valence-electron chi connectivity index (χ4n) is 1.89. The molecule has 2 heteroatoms. The smallest absolute Gasteiger partial charge is 0.191 e. The van der Waals surface area contributed by atoms with Crippen LogP contribution < -0.4 is 0 Å². The number of unbranched alkanes of at least 4 members (excludes halogenated alkanes) is 4. The average Bonchev–Trinajstić information content (AvgIpc) is 2.50. The van der Waals surface area contributed by atoms with Crippen molar-refractivity contribution in [2.45, 2.75) is 84.4 Å². The lowest BCUT2D eigenvalue weighted by Gasteiger charge is -2.36. The maximum absolute atomic E-state index is 6.14. The summed E-state index contributed by atoms with van der Waals surface area (Å²) in [5.74, 6) is 0. The maximum atomic E-state index is 6.14. The normalized spacial score (nSPS) is 14.1. The van der Waals surface area contributed by atoms with Gasteiger partial charge in [-0.2, -0.15) is 0 Å². The monoisotopic (exact) mass is 348 g/mol. The van der Waals surface area contributed by atoms with E-state index in [2.05, 4.69) is 89.4 Å². The summed E-state index contributed by atoms with van der Waals surface area (Å²) >= 11 is 0. The van der Waals surface area contributed by atoms with Crippen LogP contribution >= 0.6 is 0 Å². The molecule has 0 aliphatic rings. The Morgan fingerprint density at radius 3 is 1.83 bits per heavy atom. The van der Waals surface area contributed by atoms with Gasteiger partial charge in [-0.05, 0) is 37.4 Å². The second-order valence-corrected chi connectivity index (χ2v) is 12.7. The quantitative estimate of drug-likeness (QED) is 0.200. The van der Waals surface area contributed by atoms with Crippen molar-refractivity contribution in [1.82, 2.24) is 0 Å². The van der Waals surface area contributed by atoms with Gasteiger partial charge in [-0.1, -0.05) is 95.6 Å². The molecular formula is C22H40OSi. The second kappa shape index (κ2) is 13.4. The van der Waals surface area contributed by atoms with Crippen LogP contribution in [-0.2, 0) is 4.43 Å². The van der Waals surface area contributed by atoms with E-state index < -0.39 is 8.32 Å². The van der Waals surface area contributed by atoms with Crippen LogP contribution in [0.5, 0.6) is 0 Å². The van der Waals surface area contributed by atoms with Crippen LogP contribution in [0.1, 0.15) is 66.2 Å². The lowest BCUT2D eigenvalue weighted by molar-refractivity contribution is 0.294. The zero-order valence-corrected chi connectivity index (χ0v) is 18.0. The fourth-order valence-corrected chi connectivity index (χ4v) is 2.95. The van der Waals surface area contributed by atoms with Gasteiger partial charge in [-0.3, -0.25) is 0 Å². The number of rotatable bonds is 12. The van der Waals surface area contributed by atoms with Crippen LogP contribution in [0.3, 0.4) is 0 Å². The van der Waals surface area contributed by atoms with Gasteiger partial charge in [0, 0.05) is 6.61 Å². The summed E-state index contributed by atoms with van der Waals surface area (Å²) in [7, 11) is -1.58. The Balaban J connectivity index is 3.75. The Labute approximate surface area is 152 Å². The minimum atomic E-state index is -1.58. The Kier molecular flexibility index (Phi) is 12.9. The van der Waals surface area contributed by atoms with Gasteiger partial charge in [-0.25, -0.2) is 0 Å². The van der Waals surface area contributed by atoms with Gasteiger partial charge >= 0.3 is 0 Å². The summed E-state index contributed by atoms with van der Waals surface area (Å²) in [6, 6.07) is 0. The van der Waals surface area contributed by atoms with Gasteiger partial charge in [-0.15, -0.1) is 0 Å². The molecule has 0 amide bonds. The highest BCUT2D eigenvalue weighted by Gasteiger charge is 2.36. The molecule has 0 radical (unpaired) electrons. The molecule has 1 nitrogen and oxygen atoms in total. The Bertz CT molecular complexity index is 408. The van der Waals surface area contributed by atoms with E-state index >= 15 is 0 Å². The van der Waals surface area contributed by atoms with Crippen LogP contribution in [-0.4, -0.2) is 14.9 Å². The lowest BCUT2D eigenvalue weighted by atomic mass is 10.1. The standard InChI is InChI=1S/C22H40OSi/c1-7-8-9-10-11-12-13-14-15-16-17-18-19-20-21-23-24(5,6)22(2,3)4/h12-19H,7-11,20-21H2,1-6H3/b13-12+,15-14-,17-16-,19-18+. The minimum Gasteiger partial charge on any atom is -0.417 e. The van der Waals surface area contributed by atoms with Crippen molar-refractivity contribution in [1.29, 1.82) is 0 Å². The molecule has 0 aromatic heterocycles. The van der Waals surface area contributed by atoms with Crippen molar-refractivity contribution in [3.63, 3.8) is 0 Å². The molecule has 0 saturated carbocycles. The molecule has 0 atom stereocenters. The van der Waals surface area contributed by atoms with Crippen molar-refractivity contribution >= 4 is 8.32 Å². The lowest BCUT2D eigenvalue weighted by Crippen LogP contribution is -2.40. The third-order valence-corrected chi connectivity index (χ3v) is 9.14. The van der Waals surface area contributed by atoms with Crippen molar-refractivity contribution in [2.24, 2.45) is 0 Å². The summed E-state index contributed by atoms with van der Waals surface area (Å²) in [4.78, 5) is 0. The van der Waals surface area contributed by atoms with E-state index in [9.17, 15) is 0 Å². The molecule has 0 aliphatic heterocycles. The molecule has 0 rings (SSSR count). The Morgan fingerprint density at radius 1 is 0.750 bits per heavy atom. The summed E-state index contributed by atoms with van der Waals surface area (Å²) in [5.41, 5.74) is 0. The summed E-state index contributed by atoms with van der Waals surface area (Å²) in [5, 5.41) is 0.297. The van der Waals surface area contributed by atoms with Crippen LogP contribution in [0.4, 0.5) is 0 Å². The number of allylic oxidation sites excluding steroid dienone is 7. The zero-order valence-electron chi connectivity index (χ0n) is 17.0. The van der Waals surface area contributed by atoms with Crippen LogP contribution in [0.25, 0.3) is 0 Å². The molecule has 0 aromatic carbocycles. The van der Waals surface area contributed by atoms with Crippen molar-refractivity contribution in [3.8, 4) is 0 Å². The highest BCUT2D eigenvalue weighted by atomic mass is 28.4. The van der Waals surface area contributed by atoms with E-state index in [0.29, 0.717) is 5.04 Å². The van der Waals surface area contributed by atoms with Crippen LogP contribution in [0, 0.1) is 0 Å². The molecule has 24 heavy (non-hydrogen) atoms. The van der Waals surface area contributed by atoms with E-state index in [4.69, 9.17) is 4.43 Å². The Hall–Kier alpha value is -0.863. The first-order chi connectivity index (χ1) is 11.3. The fraction of sp³-hybridized carbons (Fsp3) is 0.636. The number of hydrogen-bond donors (Lipinski definition) is 0. The molecular weight excluding hydrogens is 308 g/mol. The summed E-state index contributed by atoms with van der Waals surface area (Å²) in [6.45, 7) is 14.5.